The molecular weight excluding hydrogens is 188 g/mol. The van der Waals surface area contributed by atoms with Gasteiger partial charge in [0.25, 0.3) is 0 Å². The van der Waals surface area contributed by atoms with Gasteiger partial charge in [-0.2, -0.15) is 0 Å². The SMILES string of the molecule is C#CCCC(C)CC(C)Br. The fraction of sp³-hybridized carbons (Fsp3) is 0.778. The molecule has 0 aromatic heterocycles. The van der Waals surface area contributed by atoms with Crippen molar-refractivity contribution in [3.63, 3.8) is 0 Å². The Morgan fingerprint density at radius 3 is 2.50 bits per heavy atom. The Hall–Kier alpha value is 0.0400. The molecule has 0 aromatic rings. The highest BCUT2D eigenvalue weighted by Gasteiger charge is 2.03. The van der Waals surface area contributed by atoms with Crippen LogP contribution in [0.3, 0.4) is 0 Å². The molecule has 0 rings (SSSR count). The number of hydrogen-bond donors (Lipinski definition) is 0. The molecule has 58 valence electrons. The van der Waals surface area contributed by atoms with Crippen molar-refractivity contribution in [3.05, 3.63) is 0 Å². The maximum absolute atomic E-state index is 5.15. The molecule has 2 atom stereocenters. The van der Waals surface area contributed by atoms with Gasteiger partial charge in [-0.25, -0.2) is 0 Å². The van der Waals surface area contributed by atoms with Crippen LogP contribution < -0.4 is 0 Å². The lowest BCUT2D eigenvalue weighted by molar-refractivity contribution is 0.502. The van der Waals surface area contributed by atoms with E-state index in [1.165, 1.54) is 6.42 Å². The summed E-state index contributed by atoms with van der Waals surface area (Å²) in [4.78, 5) is 0.625. The standard InChI is InChI=1S/C9H15Br/c1-4-5-6-8(2)7-9(3)10/h1,8-9H,5-7H2,2-3H3. The van der Waals surface area contributed by atoms with E-state index < -0.39 is 0 Å². The lowest BCUT2D eigenvalue weighted by atomic mass is 10.0. The number of rotatable bonds is 4. The molecule has 1 heteroatoms. The number of alkyl halides is 1. The fourth-order valence-electron chi connectivity index (χ4n) is 1.00. The second-order valence-corrected chi connectivity index (χ2v) is 4.43. The van der Waals surface area contributed by atoms with Crippen LogP contribution >= 0.6 is 15.9 Å². The van der Waals surface area contributed by atoms with E-state index in [2.05, 4.69) is 35.7 Å². The van der Waals surface area contributed by atoms with Crippen molar-refractivity contribution in [2.75, 3.05) is 0 Å². The minimum Gasteiger partial charge on any atom is -0.120 e. The van der Waals surface area contributed by atoms with E-state index in [4.69, 9.17) is 6.42 Å². The molecule has 2 unspecified atom stereocenters. The Morgan fingerprint density at radius 2 is 2.10 bits per heavy atom. The van der Waals surface area contributed by atoms with Crippen LogP contribution in [0.25, 0.3) is 0 Å². The average Bonchev–Trinajstić information content (AvgIpc) is 1.82. The van der Waals surface area contributed by atoms with Gasteiger partial charge in [0.1, 0.15) is 0 Å². The largest absolute Gasteiger partial charge is 0.120 e. The van der Waals surface area contributed by atoms with Crippen LogP contribution in [-0.2, 0) is 0 Å². The minimum atomic E-state index is 0.625. The highest BCUT2D eigenvalue weighted by molar-refractivity contribution is 9.09. The van der Waals surface area contributed by atoms with Gasteiger partial charge in [-0.15, -0.1) is 12.3 Å². The van der Waals surface area contributed by atoms with E-state index >= 15 is 0 Å². The first-order valence-electron chi connectivity index (χ1n) is 3.74. The van der Waals surface area contributed by atoms with Crippen molar-refractivity contribution in [3.8, 4) is 12.3 Å². The summed E-state index contributed by atoms with van der Waals surface area (Å²) in [5.74, 6) is 3.41. The van der Waals surface area contributed by atoms with Gasteiger partial charge in [0.05, 0.1) is 0 Å². The van der Waals surface area contributed by atoms with Crippen LogP contribution in [-0.4, -0.2) is 4.83 Å². The predicted octanol–water partition coefficient (Wildman–Crippen LogP) is 3.21. The van der Waals surface area contributed by atoms with E-state index in [1.807, 2.05) is 0 Å². The third-order valence-corrected chi connectivity index (χ3v) is 1.88. The molecule has 0 radical (unpaired) electrons. The molecule has 0 saturated carbocycles. The van der Waals surface area contributed by atoms with Gasteiger partial charge in [0.15, 0.2) is 0 Å². The summed E-state index contributed by atoms with van der Waals surface area (Å²) in [7, 11) is 0. The van der Waals surface area contributed by atoms with Gasteiger partial charge in [-0.1, -0.05) is 29.8 Å². The van der Waals surface area contributed by atoms with Crippen molar-refractivity contribution in [2.45, 2.75) is 37.9 Å². The molecule has 0 aliphatic heterocycles. The Bertz CT molecular complexity index is 110. The highest BCUT2D eigenvalue weighted by atomic mass is 79.9. The summed E-state index contributed by atoms with van der Waals surface area (Å²) < 4.78 is 0. The van der Waals surface area contributed by atoms with E-state index in [9.17, 15) is 0 Å². The Labute approximate surface area is 72.5 Å². The van der Waals surface area contributed by atoms with Crippen molar-refractivity contribution in [1.82, 2.24) is 0 Å². The molecule has 0 spiro atoms. The topological polar surface area (TPSA) is 0 Å². The molecule has 0 saturated heterocycles. The summed E-state index contributed by atoms with van der Waals surface area (Å²) in [6, 6.07) is 0. The smallest absolute Gasteiger partial charge is 0.0120 e. The molecule has 10 heavy (non-hydrogen) atoms. The van der Waals surface area contributed by atoms with E-state index in [-0.39, 0.29) is 0 Å². The first-order valence-corrected chi connectivity index (χ1v) is 4.66. The van der Waals surface area contributed by atoms with Crippen LogP contribution in [0.2, 0.25) is 0 Å². The highest BCUT2D eigenvalue weighted by Crippen LogP contribution is 2.16. The molecule has 0 aliphatic carbocycles. The van der Waals surface area contributed by atoms with Crippen LogP contribution in [0.15, 0.2) is 0 Å². The van der Waals surface area contributed by atoms with Gasteiger partial charge < -0.3 is 0 Å². The Balaban J connectivity index is 3.27. The number of halogens is 1. The zero-order valence-electron chi connectivity index (χ0n) is 6.73. The summed E-state index contributed by atoms with van der Waals surface area (Å²) in [6.07, 6.45) is 8.45. The molecule has 0 heterocycles. The first-order chi connectivity index (χ1) is 4.66. The number of terminal acetylenes is 1. The van der Waals surface area contributed by atoms with E-state index in [1.54, 1.807) is 0 Å². The van der Waals surface area contributed by atoms with E-state index in [0.29, 0.717) is 4.83 Å². The van der Waals surface area contributed by atoms with Crippen molar-refractivity contribution in [2.24, 2.45) is 5.92 Å². The first kappa shape index (κ1) is 10.0. The quantitative estimate of drug-likeness (QED) is 0.486. The molecule has 0 amide bonds. The fourth-order valence-corrected chi connectivity index (χ4v) is 1.64. The number of hydrogen-bond acceptors (Lipinski definition) is 0. The van der Waals surface area contributed by atoms with Gasteiger partial charge in [-0.3, -0.25) is 0 Å². The maximum Gasteiger partial charge on any atom is 0.0120 e. The normalized spacial score (nSPS) is 15.8. The van der Waals surface area contributed by atoms with Gasteiger partial charge in [0.2, 0.25) is 0 Å². The van der Waals surface area contributed by atoms with Gasteiger partial charge in [-0.05, 0) is 18.8 Å². The van der Waals surface area contributed by atoms with Crippen molar-refractivity contribution >= 4 is 15.9 Å². The summed E-state index contributed by atoms with van der Waals surface area (Å²) in [5, 5.41) is 0. The predicted molar refractivity (Wildman–Crippen MR) is 50.2 cm³/mol. The lowest BCUT2D eigenvalue weighted by Gasteiger charge is -2.10. The lowest BCUT2D eigenvalue weighted by Crippen LogP contribution is -2.00. The second kappa shape index (κ2) is 5.80. The third kappa shape index (κ3) is 6.16. The zero-order chi connectivity index (χ0) is 7.98. The average molecular weight is 203 g/mol. The van der Waals surface area contributed by atoms with Gasteiger partial charge >= 0.3 is 0 Å². The third-order valence-electron chi connectivity index (χ3n) is 1.51. The summed E-state index contributed by atoms with van der Waals surface area (Å²) >= 11 is 3.52. The minimum absolute atomic E-state index is 0.625. The maximum atomic E-state index is 5.15. The van der Waals surface area contributed by atoms with E-state index in [0.717, 1.165) is 18.8 Å². The van der Waals surface area contributed by atoms with Crippen molar-refractivity contribution in [1.29, 1.82) is 0 Å². The molecule has 0 aromatic carbocycles. The van der Waals surface area contributed by atoms with Crippen LogP contribution in [0, 0.1) is 18.3 Å². The van der Waals surface area contributed by atoms with Crippen LogP contribution in [0.4, 0.5) is 0 Å². The summed E-state index contributed by atoms with van der Waals surface area (Å²) in [5.41, 5.74) is 0. The molecular formula is C9H15Br. The zero-order valence-corrected chi connectivity index (χ0v) is 8.32. The van der Waals surface area contributed by atoms with Gasteiger partial charge in [0, 0.05) is 11.2 Å². The van der Waals surface area contributed by atoms with Crippen LogP contribution in [0.1, 0.15) is 33.1 Å². The van der Waals surface area contributed by atoms with Crippen molar-refractivity contribution < 1.29 is 0 Å². The molecule has 0 bridgehead atoms. The summed E-state index contributed by atoms with van der Waals surface area (Å²) in [6.45, 7) is 4.42. The molecule has 0 nitrogen and oxygen atoms in total. The second-order valence-electron chi connectivity index (χ2n) is 2.86. The molecule has 0 N–H and O–H groups in total. The molecule has 0 fully saturated rings. The molecule has 0 aliphatic rings. The Kier molecular flexibility index (Phi) is 5.82. The Morgan fingerprint density at radius 1 is 1.50 bits per heavy atom. The van der Waals surface area contributed by atoms with Crippen LogP contribution in [0.5, 0.6) is 0 Å². The monoisotopic (exact) mass is 202 g/mol.